The molecular formula is C22H23N3O6. The molecule has 9 heteroatoms. The molecule has 4 rings (SSSR count). The van der Waals surface area contributed by atoms with Gasteiger partial charge in [-0.1, -0.05) is 42.5 Å². The third-order valence-corrected chi connectivity index (χ3v) is 5.54. The number of hydrogen-bond donors (Lipinski definition) is 4. The van der Waals surface area contributed by atoms with Crippen LogP contribution in [-0.2, 0) is 4.74 Å². The van der Waals surface area contributed by atoms with Crippen LogP contribution >= 0.6 is 0 Å². The normalized spacial score (nSPS) is 21.8. The Morgan fingerprint density at radius 2 is 2.00 bits per heavy atom. The van der Waals surface area contributed by atoms with Gasteiger partial charge in [0.05, 0.1) is 18.8 Å². The quantitative estimate of drug-likeness (QED) is 0.478. The van der Waals surface area contributed by atoms with E-state index in [0.717, 1.165) is 27.1 Å². The third kappa shape index (κ3) is 4.02. The Kier molecular flexibility index (Phi) is 5.73. The maximum absolute atomic E-state index is 12.9. The summed E-state index contributed by atoms with van der Waals surface area (Å²) in [7, 11) is 0. The summed E-state index contributed by atoms with van der Waals surface area (Å²) in [6.07, 6.45) is -1.53. The van der Waals surface area contributed by atoms with Crippen molar-refractivity contribution in [1.82, 2.24) is 14.9 Å². The number of nitrogens with one attached hydrogen (secondary N) is 2. The maximum Gasteiger partial charge on any atom is 0.330 e. The Bertz CT molecular complexity index is 1230. The van der Waals surface area contributed by atoms with Crippen LogP contribution in [0.25, 0.3) is 10.8 Å². The Morgan fingerprint density at radius 1 is 1.26 bits per heavy atom. The highest BCUT2D eigenvalue weighted by atomic mass is 16.5. The largest absolute Gasteiger partial charge is 0.394 e. The Morgan fingerprint density at radius 3 is 2.74 bits per heavy atom. The first-order valence-corrected chi connectivity index (χ1v) is 9.97. The second kappa shape index (κ2) is 8.46. The van der Waals surface area contributed by atoms with E-state index in [0.29, 0.717) is 0 Å². The lowest BCUT2D eigenvalue weighted by atomic mass is 9.99. The van der Waals surface area contributed by atoms with Crippen LogP contribution in [0.1, 0.15) is 41.5 Å². The molecule has 0 spiro atoms. The van der Waals surface area contributed by atoms with Crippen molar-refractivity contribution >= 4 is 16.7 Å². The lowest BCUT2D eigenvalue weighted by molar-refractivity contribution is -0.0459. The number of fused-ring (bicyclic) bond motifs is 1. The van der Waals surface area contributed by atoms with Crippen molar-refractivity contribution in [3.05, 3.63) is 80.6 Å². The van der Waals surface area contributed by atoms with Crippen LogP contribution in [0.2, 0.25) is 0 Å². The second-order valence-corrected chi connectivity index (χ2v) is 7.59. The zero-order valence-electron chi connectivity index (χ0n) is 16.8. The minimum atomic E-state index is -0.961. The molecule has 1 amide bonds. The molecule has 1 aliphatic heterocycles. The average Bonchev–Trinajstić information content (AvgIpc) is 3.13. The van der Waals surface area contributed by atoms with Crippen molar-refractivity contribution in [3.63, 3.8) is 0 Å². The van der Waals surface area contributed by atoms with E-state index in [1.165, 1.54) is 0 Å². The molecule has 1 saturated heterocycles. The van der Waals surface area contributed by atoms with Gasteiger partial charge < -0.3 is 20.3 Å². The number of aliphatic hydroxyl groups is 2. The summed E-state index contributed by atoms with van der Waals surface area (Å²) >= 11 is 0. The topological polar surface area (TPSA) is 134 Å². The molecule has 0 radical (unpaired) electrons. The predicted octanol–water partition coefficient (Wildman–Crippen LogP) is 0.822. The molecule has 0 saturated carbocycles. The zero-order valence-corrected chi connectivity index (χ0v) is 16.8. The number of aromatic amines is 1. The fourth-order valence-corrected chi connectivity index (χ4v) is 3.89. The van der Waals surface area contributed by atoms with E-state index in [2.05, 4.69) is 10.3 Å². The summed E-state index contributed by atoms with van der Waals surface area (Å²) in [4.78, 5) is 39.5. The van der Waals surface area contributed by atoms with Crippen LogP contribution in [0.3, 0.4) is 0 Å². The maximum atomic E-state index is 12.9. The summed E-state index contributed by atoms with van der Waals surface area (Å²) in [5.74, 6) is -0.646. The number of amides is 1. The van der Waals surface area contributed by atoms with Gasteiger partial charge in [0.25, 0.3) is 11.5 Å². The fraction of sp³-hybridized carbons (Fsp3) is 0.318. The molecule has 1 unspecified atom stereocenters. The number of hydrogen-bond acceptors (Lipinski definition) is 6. The molecule has 1 fully saturated rings. The summed E-state index contributed by atoms with van der Waals surface area (Å²) in [6, 6.07) is 13.2. The fourth-order valence-electron chi connectivity index (χ4n) is 3.89. The van der Waals surface area contributed by atoms with Crippen LogP contribution < -0.4 is 16.6 Å². The number of H-pyrrole nitrogens is 1. The van der Waals surface area contributed by atoms with Gasteiger partial charge in [-0.15, -0.1) is 0 Å². The smallest absolute Gasteiger partial charge is 0.330 e. The molecular weight excluding hydrogens is 402 g/mol. The summed E-state index contributed by atoms with van der Waals surface area (Å²) in [5.41, 5.74) is -0.943. The second-order valence-electron chi connectivity index (χ2n) is 7.59. The molecule has 162 valence electrons. The highest BCUT2D eigenvalue weighted by molar-refractivity contribution is 5.94. The Balaban J connectivity index is 1.61. The first-order valence-electron chi connectivity index (χ1n) is 9.97. The van der Waals surface area contributed by atoms with Gasteiger partial charge in [-0.2, -0.15) is 0 Å². The van der Waals surface area contributed by atoms with Crippen molar-refractivity contribution in [2.24, 2.45) is 0 Å². The molecule has 4 atom stereocenters. The highest BCUT2D eigenvalue weighted by Crippen LogP contribution is 2.27. The van der Waals surface area contributed by atoms with E-state index in [-0.39, 0.29) is 12.0 Å². The molecule has 2 aromatic carbocycles. The zero-order chi connectivity index (χ0) is 22.1. The molecule has 1 aromatic heterocycles. The molecule has 3 aromatic rings. The van der Waals surface area contributed by atoms with E-state index in [1.807, 2.05) is 49.4 Å². The van der Waals surface area contributed by atoms with Crippen molar-refractivity contribution in [3.8, 4) is 0 Å². The van der Waals surface area contributed by atoms with Crippen LogP contribution in [-0.4, -0.2) is 44.5 Å². The molecule has 31 heavy (non-hydrogen) atoms. The monoisotopic (exact) mass is 425 g/mol. The van der Waals surface area contributed by atoms with Crippen molar-refractivity contribution < 1.29 is 19.7 Å². The van der Waals surface area contributed by atoms with E-state index >= 15 is 0 Å². The first kappa shape index (κ1) is 21.0. The van der Waals surface area contributed by atoms with E-state index in [1.54, 1.807) is 0 Å². The lowest BCUT2D eigenvalue weighted by Crippen LogP contribution is -2.39. The number of ether oxygens (including phenoxy) is 1. The van der Waals surface area contributed by atoms with Crippen molar-refractivity contribution in [1.29, 1.82) is 0 Å². The number of nitrogens with zero attached hydrogens (tertiary/aromatic N) is 1. The molecule has 4 N–H and O–H groups in total. The van der Waals surface area contributed by atoms with Gasteiger partial charge >= 0.3 is 5.69 Å². The van der Waals surface area contributed by atoms with Crippen molar-refractivity contribution in [2.45, 2.75) is 37.8 Å². The number of carbonyl (C=O) groups excluding carboxylic acids is 1. The van der Waals surface area contributed by atoms with Crippen LogP contribution in [0.15, 0.2) is 58.3 Å². The molecule has 2 heterocycles. The van der Waals surface area contributed by atoms with E-state index < -0.39 is 48.2 Å². The van der Waals surface area contributed by atoms with Gasteiger partial charge in [0.15, 0.2) is 0 Å². The average molecular weight is 425 g/mol. The molecule has 0 bridgehead atoms. The molecule has 9 nitrogen and oxygen atoms in total. The SMILES string of the molecule is CC(NC(=O)c1cn([C@H]2C[C@H](O)[C@@H](CO)O2)c(=O)[nH]c1=O)c1cccc2ccccc12. The van der Waals surface area contributed by atoms with Crippen LogP contribution in [0, 0.1) is 0 Å². The van der Waals surface area contributed by atoms with Gasteiger partial charge in [-0.3, -0.25) is 19.1 Å². The summed E-state index contributed by atoms with van der Waals surface area (Å²) in [6.45, 7) is 1.40. The Hall–Kier alpha value is -3.27. The van der Waals surface area contributed by atoms with E-state index in [4.69, 9.17) is 4.74 Å². The van der Waals surface area contributed by atoms with Gasteiger partial charge in [-0.25, -0.2) is 4.79 Å². The lowest BCUT2D eigenvalue weighted by Gasteiger charge is -2.18. The van der Waals surface area contributed by atoms with Gasteiger partial charge in [-0.05, 0) is 23.3 Å². The van der Waals surface area contributed by atoms with Gasteiger partial charge in [0.2, 0.25) is 0 Å². The number of rotatable bonds is 5. The summed E-state index contributed by atoms with van der Waals surface area (Å²) < 4.78 is 6.53. The number of benzene rings is 2. The summed E-state index contributed by atoms with van der Waals surface area (Å²) in [5, 5.41) is 24.0. The first-order chi connectivity index (χ1) is 14.9. The standard InChI is InChI=1S/C22H23N3O6/c1-12(14-8-4-6-13-5-2-3-7-15(13)14)23-20(28)16-10-25(22(30)24-21(16)29)19-9-17(27)18(11-26)31-19/h2-8,10,12,17-19,26-27H,9,11H2,1H3,(H,23,28)(H,24,29,30)/t12?,17-,18+,19+/m0/s1. The Labute approximate surface area is 176 Å². The highest BCUT2D eigenvalue weighted by Gasteiger charge is 2.35. The third-order valence-electron chi connectivity index (χ3n) is 5.54. The molecule has 1 aliphatic rings. The van der Waals surface area contributed by atoms with Gasteiger partial charge in [0, 0.05) is 12.6 Å². The van der Waals surface area contributed by atoms with Gasteiger partial charge in [0.1, 0.15) is 17.9 Å². The minimum Gasteiger partial charge on any atom is -0.394 e. The number of aromatic nitrogens is 2. The van der Waals surface area contributed by atoms with Crippen LogP contribution in [0.5, 0.6) is 0 Å². The van der Waals surface area contributed by atoms with Crippen molar-refractivity contribution in [2.75, 3.05) is 6.61 Å². The molecule has 0 aliphatic carbocycles. The van der Waals surface area contributed by atoms with E-state index in [9.17, 15) is 24.6 Å². The minimum absolute atomic E-state index is 0.0463. The van der Waals surface area contributed by atoms with Crippen LogP contribution in [0.4, 0.5) is 0 Å². The number of carbonyl (C=O) groups is 1. The predicted molar refractivity (Wildman–Crippen MR) is 113 cm³/mol. The number of aliphatic hydroxyl groups excluding tert-OH is 2.